The van der Waals surface area contributed by atoms with Gasteiger partial charge in [-0.25, -0.2) is 0 Å². The van der Waals surface area contributed by atoms with Gasteiger partial charge in [-0.3, -0.25) is 0 Å². The third kappa shape index (κ3) is 14.5. The predicted molar refractivity (Wildman–Crippen MR) is 132 cm³/mol. The van der Waals surface area contributed by atoms with Gasteiger partial charge in [-0.15, -0.1) is 0 Å². The van der Waals surface area contributed by atoms with Gasteiger partial charge < -0.3 is 35.0 Å². The number of hydrogen-bond donors (Lipinski definition) is 5. The maximum absolute atomic E-state index is 9.77. The van der Waals surface area contributed by atoms with Crippen molar-refractivity contribution < 1.29 is 35.0 Å². The molecule has 0 aromatic heterocycles. The summed E-state index contributed by atoms with van der Waals surface area (Å²) in [4.78, 5) is 0. The Hall–Kier alpha value is -0.540. The highest BCUT2D eigenvalue weighted by Crippen LogP contribution is 2.22. The van der Waals surface area contributed by atoms with Gasteiger partial charge in [0.15, 0.2) is 0 Å². The van der Waals surface area contributed by atoms with Crippen molar-refractivity contribution in [3.8, 4) is 0 Å². The van der Waals surface area contributed by atoms with E-state index in [2.05, 4.69) is 33.8 Å². The van der Waals surface area contributed by atoms with Gasteiger partial charge in [-0.05, 0) is 38.0 Å². The normalized spacial score (nSPS) is 14.3. The van der Waals surface area contributed by atoms with Crippen molar-refractivity contribution in [3.63, 3.8) is 0 Å². The Morgan fingerprint density at radius 3 is 1.79 bits per heavy atom. The van der Waals surface area contributed by atoms with E-state index in [9.17, 15) is 25.5 Å². The Morgan fingerprint density at radius 1 is 0.727 bits per heavy atom. The topological polar surface area (TPSA) is 120 Å². The zero-order valence-electron chi connectivity index (χ0n) is 21.6. The van der Waals surface area contributed by atoms with E-state index < -0.39 is 30.7 Å². The van der Waals surface area contributed by atoms with Crippen LogP contribution in [0.25, 0.3) is 0 Å². The molecular weight excluding hydrogens is 424 g/mol. The van der Waals surface area contributed by atoms with Crippen LogP contribution >= 0.6 is 0 Å². The van der Waals surface area contributed by atoms with Crippen molar-refractivity contribution in [3.05, 3.63) is 11.6 Å². The standard InChI is InChI=1S/C26H52O7/c1-22(2)8-5-9-23(3)10-6-11-24(4)12-7-13-32-20-26(17-30,18-31)21-33-19-25(14-27,15-28)16-29/h12,22-23,27-31H,5-11,13-21H2,1-4H3/b24-12+. The van der Waals surface area contributed by atoms with Crippen LogP contribution in [-0.4, -0.2) is 85.0 Å². The highest BCUT2D eigenvalue weighted by molar-refractivity contribution is 4.97. The number of allylic oxidation sites excluding steroid dienone is 1. The number of ether oxygens (including phenoxy) is 2. The number of hydrogen-bond acceptors (Lipinski definition) is 7. The Kier molecular flexibility index (Phi) is 18.4. The lowest BCUT2D eigenvalue weighted by atomic mass is 9.90. The first-order chi connectivity index (χ1) is 15.7. The van der Waals surface area contributed by atoms with Gasteiger partial charge >= 0.3 is 0 Å². The summed E-state index contributed by atoms with van der Waals surface area (Å²) in [7, 11) is 0. The maximum atomic E-state index is 9.77. The van der Waals surface area contributed by atoms with Crippen LogP contribution in [0.15, 0.2) is 11.6 Å². The molecular formula is C26H52O7. The van der Waals surface area contributed by atoms with Crippen LogP contribution in [0.3, 0.4) is 0 Å². The SMILES string of the molecule is C/C(=C\CCOCC(CO)(CO)COCC(CO)(CO)CO)CCCC(C)CCCC(C)C. The Labute approximate surface area is 201 Å². The fourth-order valence-electron chi connectivity index (χ4n) is 3.57. The second kappa shape index (κ2) is 18.7. The third-order valence-electron chi connectivity index (χ3n) is 6.40. The van der Waals surface area contributed by atoms with E-state index in [4.69, 9.17) is 9.47 Å². The summed E-state index contributed by atoms with van der Waals surface area (Å²) in [6, 6.07) is 0. The van der Waals surface area contributed by atoms with E-state index in [1.807, 2.05) is 0 Å². The van der Waals surface area contributed by atoms with Gasteiger partial charge in [0.25, 0.3) is 0 Å². The molecule has 0 aromatic rings. The molecule has 7 heteroatoms. The van der Waals surface area contributed by atoms with Gasteiger partial charge in [-0.1, -0.05) is 58.1 Å². The number of aliphatic hydroxyl groups is 5. The molecule has 0 saturated carbocycles. The zero-order chi connectivity index (χ0) is 25.2. The second-order valence-electron chi connectivity index (χ2n) is 10.5. The van der Waals surface area contributed by atoms with Crippen LogP contribution in [0.1, 0.15) is 72.6 Å². The van der Waals surface area contributed by atoms with Gasteiger partial charge in [0.1, 0.15) is 0 Å². The lowest BCUT2D eigenvalue weighted by Gasteiger charge is -2.32. The fourth-order valence-corrected chi connectivity index (χ4v) is 3.57. The first-order valence-corrected chi connectivity index (χ1v) is 12.6. The first-order valence-electron chi connectivity index (χ1n) is 12.6. The van der Waals surface area contributed by atoms with E-state index >= 15 is 0 Å². The van der Waals surface area contributed by atoms with Crippen molar-refractivity contribution in [1.29, 1.82) is 0 Å². The summed E-state index contributed by atoms with van der Waals surface area (Å²) in [6.45, 7) is 7.66. The Balaban J connectivity index is 4.21. The van der Waals surface area contributed by atoms with E-state index in [1.54, 1.807) is 0 Å². The molecule has 5 N–H and O–H groups in total. The monoisotopic (exact) mass is 476 g/mol. The number of rotatable bonds is 22. The highest BCUT2D eigenvalue weighted by atomic mass is 16.5. The fraction of sp³-hybridized carbons (Fsp3) is 0.923. The third-order valence-corrected chi connectivity index (χ3v) is 6.40. The van der Waals surface area contributed by atoms with Crippen LogP contribution in [0, 0.1) is 22.7 Å². The highest BCUT2D eigenvalue weighted by Gasteiger charge is 2.33. The molecule has 0 radical (unpaired) electrons. The minimum absolute atomic E-state index is 0.00797. The molecule has 1 unspecified atom stereocenters. The van der Waals surface area contributed by atoms with Crippen LogP contribution in [-0.2, 0) is 9.47 Å². The Morgan fingerprint density at radius 2 is 1.24 bits per heavy atom. The Bertz CT molecular complexity index is 477. The minimum Gasteiger partial charge on any atom is -0.396 e. The summed E-state index contributed by atoms with van der Waals surface area (Å²) in [5.41, 5.74) is -0.761. The van der Waals surface area contributed by atoms with Crippen molar-refractivity contribution in [2.24, 2.45) is 22.7 Å². The molecule has 0 aliphatic rings. The quantitative estimate of drug-likeness (QED) is 0.120. The lowest BCUT2D eigenvalue weighted by Crippen LogP contribution is -2.43. The molecule has 0 fully saturated rings. The molecule has 1 atom stereocenters. The summed E-state index contributed by atoms with van der Waals surface area (Å²) in [5.74, 6) is 1.57. The molecule has 0 heterocycles. The first kappa shape index (κ1) is 32.5. The molecule has 0 amide bonds. The van der Waals surface area contributed by atoms with Gasteiger partial charge in [-0.2, -0.15) is 0 Å². The molecule has 0 aromatic carbocycles. The molecule has 33 heavy (non-hydrogen) atoms. The maximum Gasteiger partial charge on any atom is 0.0632 e. The van der Waals surface area contributed by atoms with Gasteiger partial charge in [0.2, 0.25) is 0 Å². The van der Waals surface area contributed by atoms with Crippen molar-refractivity contribution >= 4 is 0 Å². The van der Waals surface area contributed by atoms with Crippen LogP contribution in [0.4, 0.5) is 0 Å². The average Bonchev–Trinajstić information content (AvgIpc) is 2.80. The van der Waals surface area contributed by atoms with Crippen LogP contribution < -0.4 is 0 Å². The summed E-state index contributed by atoms with van der Waals surface area (Å²) in [6.07, 6.45) is 10.5. The minimum atomic E-state index is -1.15. The van der Waals surface area contributed by atoms with Crippen LogP contribution in [0.5, 0.6) is 0 Å². The summed E-state index contributed by atoms with van der Waals surface area (Å²) in [5, 5.41) is 47.6. The van der Waals surface area contributed by atoms with Crippen LogP contribution in [0.2, 0.25) is 0 Å². The molecule has 0 spiro atoms. The van der Waals surface area contributed by atoms with Crippen molar-refractivity contribution in [2.75, 3.05) is 59.5 Å². The predicted octanol–water partition coefficient (Wildman–Crippen LogP) is 2.92. The molecule has 0 bridgehead atoms. The molecule has 0 rings (SSSR count). The smallest absolute Gasteiger partial charge is 0.0632 e. The molecule has 0 aliphatic carbocycles. The lowest BCUT2D eigenvalue weighted by molar-refractivity contribution is -0.111. The van der Waals surface area contributed by atoms with E-state index in [0.717, 1.165) is 24.7 Å². The average molecular weight is 477 g/mol. The van der Waals surface area contributed by atoms with Crippen molar-refractivity contribution in [1.82, 2.24) is 0 Å². The van der Waals surface area contributed by atoms with Gasteiger partial charge in [0.05, 0.1) is 70.3 Å². The summed E-state index contributed by atoms with van der Waals surface area (Å²) < 4.78 is 11.2. The van der Waals surface area contributed by atoms with E-state index in [-0.39, 0.29) is 33.0 Å². The zero-order valence-corrected chi connectivity index (χ0v) is 21.6. The van der Waals surface area contributed by atoms with Gasteiger partial charge in [0, 0.05) is 0 Å². The van der Waals surface area contributed by atoms with E-state index in [1.165, 1.54) is 37.7 Å². The second-order valence-corrected chi connectivity index (χ2v) is 10.5. The largest absolute Gasteiger partial charge is 0.396 e. The molecule has 198 valence electrons. The van der Waals surface area contributed by atoms with Crippen molar-refractivity contribution in [2.45, 2.75) is 72.6 Å². The summed E-state index contributed by atoms with van der Waals surface area (Å²) >= 11 is 0. The van der Waals surface area contributed by atoms with E-state index in [0.29, 0.717) is 6.61 Å². The molecule has 0 aliphatic heterocycles. The molecule has 7 nitrogen and oxygen atoms in total. The number of aliphatic hydroxyl groups excluding tert-OH is 5. The molecule has 0 saturated heterocycles.